The highest BCUT2D eigenvalue weighted by atomic mass is 32.1. The second kappa shape index (κ2) is 5.16. The lowest BCUT2D eigenvalue weighted by Crippen LogP contribution is -2.17. The van der Waals surface area contributed by atoms with E-state index in [-0.39, 0.29) is 0 Å². The van der Waals surface area contributed by atoms with Gasteiger partial charge in [-0.1, -0.05) is 5.21 Å². The predicted octanol–water partition coefficient (Wildman–Crippen LogP) is 1.95. The van der Waals surface area contributed by atoms with Crippen LogP contribution in [-0.4, -0.2) is 31.1 Å². The van der Waals surface area contributed by atoms with E-state index in [1.165, 1.54) is 0 Å². The summed E-state index contributed by atoms with van der Waals surface area (Å²) in [5.41, 5.74) is 1.63. The summed E-state index contributed by atoms with van der Waals surface area (Å²) in [6.07, 6.45) is 7.98. The van der Waals surface area contributed by atoms with Crippen molar-refractivity contribution in [1.29, 1.82) is 0 Å². The molecular formula is C13H14N4O2S. The molecule has 1 aliphatic rings. The second-order valence-electron chi connectivity index (χ2n) is 4.76. The Labute approximate surface area is 119 Å². The van der Waals surface area contributed by atoms with Gasteiger partial charge in [-0.3, -0.25) is 4.79 Å². The van der Waals surface area contributed by atoms with E-state index in [0.29, 0.717) is 6.42 Å². The summed E-state index contributed by atoms with van der Waals surface area (Å²) in [5, 5.41) is 17.7. The third kappa shape index (κ3) is 2.36. The molecule has 20 heavy (non-hydrogen) atoms. The number of carboxylic acid groups (broad SMARTS) is 1. The van der Waals surface area contributed by atoms with Gasteiger partial charge >= 0.3 is 5.97 Å². The first-order valence-electron chi connectivity index (χ1n) is 6.40. The van der Waals surface area contributed by atoms with Crippen LogP contribution < -0.4 is 0 Å². The van der Waals surface area contributed by atoms with E-state index in [9.17, 15) is 9.90 Å². The van der Waals surface area contributed by atoms with Crippen molar-refractivity contribution in [2.24, 2.45) is 7.05 Å². The Hall–Kier alpha value is -2.02. The van der Waals surface area contributed by atoms with Crippen LogP contribution in [0.25, 0.3) is 12.2 Å². The first kappa shape index (κ1) is 13.0. The fourth-order valence-corrected chi connectivity index (χ4v) is 3.43. The Kier molecular flexibility index (Phi) is 3.35. The molecule has 0 saturated heterocycles. The van der Waals surface area contributed by atoms with Crippen LogP contribution in [0, 0.1) is 0 Å². The molecule has 3 rings (SSSR count). The molecule has 0 aromatic carbocycles. The number of hydrogen-bond acceptors (Lipinski definition) is 5. The molecule has 0 fully saturated rings. The van der Waals surface area contributed by atoms with Crippen molar-refractivity contribution in [2.75, 3.05) is 0 Å². The van der Waals surface area contributed by atoms with Gasteiger partial charge < -0.3 is 5.11 Å². The Morgan fingerprint density at radius 2 is 2.40 bits per heavy atom. The van der Waals surface area contributed by atoms with Crippen LogP contribution >= 0.6 is 11.3 Å². The SMILES string of the molecule is Cn1nncc1/C=C/c1nc2c(s1)CCCC2C(=O)O. The van der Waals surface area contributed by atoms with Gasteiger partial charge in [-0.05, 0) is 31.4 Å². The van der Waals surface area contributed by atoms with Gasteiger partial charge in [0.2, 0.25) is 0 Å². The van der Waals surface area contributed by atoms with Crippen LogP contribution in [0.4, 0.5) is 0 Å². The van der Waals surface area contributed by atoms with Crippen molar-refractivity contribution in [1.82, 2.24) is 20.0 Å². The van der Waals surface area contributed by atoms with Crippen LogP contribution in [0.1, 0.15) is 40.0 Å². The van der Waals surface area contributed by atoms with Gasteiger partial charge in [0.05, 0.1) is 23.5 Å². The Morgan fingerprint density at radius 3 is 3.10 bits per heavy atom. The zero-order valence-electron chi connectivity index (χ0n) is 11.0. The molecule has 6 nitrogen and oxygen atoms in total. The van der Waals surface area contributed by atoms with Gasteiger partial charge in [0.1, 0.15) is 5.01 Å². The maximum absolute atomic E-state index is 11.2. The summed E-state index contributed by atoms with van der Waals surface area (Å²) in [5.74, 6) is -1.22. The monoisotopic (exact) mass is 290 g/mol. The topological polar surface area (TPSA) is 80.9 Å². The average Bonchev–Trinajstić information content (AvgIpc) is 3.01. The fraction of sp³-hybridized carbons (Fsp3) is 0.385. The van der Waals surface area contributed by atoms with Crippen LogP contribution in [0.5, 0.6) is 0 Å². The third-order valence-electron chi connectivity index (χ3n) is 3.42. The van der Waals surface area contributed by atoms with Crippen molar-refractivity contribution < 1.29 is 9.90 Å². The average molecular weight is 290 g/mol. The molecule has 1 N–H and O–H groups in total. The molecule has 7 heteroatoms. The van der Waals surface area contributed by atoms with E-state index in [1.54, 1.807) is 22.2 Å². The summed E-state index contributed by atoms with van der Waals surface area (Å²) < 4.78 is 1.67. The number of aryl methyl sites for hydroxylation is 2. The Balaban J connectivity index is 1.88. The van der Waals surface area contributed by atoms with E-state index < -0.39 is 11.9 Å². The molecule has 0 aliphatic heterocycles. The molecular weight excluding hydrogens is 276 g/mol. The molecule has 104 valence electrons. The minimum absolute atomic E-state index is 0.449. The molecule has 2 aromatic heterocycles. The summed E-state index contributed by atoms with van der Waals surface area (Å²) >= 11 is 1.57. The molecule has 1 aliphatic carbocycles. The number of rotatable bonds is 3. The molecule has 0 radical (unpaired) electrons. The van der Waals surface area contributed by atoms with Crippen molar-refractivity contribution in [3.8, 4) is 0 Å². The summed E-state index contributed by atoms with van der Waals surface area (Å²) in [4.78, 5) is 16.8. The summed E-state index contributed by atoms with van der Waals surface area (Å²) in [7, 11) is 1.82. The molecule has 1 atom stereocenters. The minimum Gasteiger partial charge on any atom is -0.481 e. The highest BCUT2D eigenvalue weighted by Gasteiger charge is 2.29. The number of fused-ring (bicyclic) bond motifs is 1. The van der Waals surface area contributed by atoms with Gasteiger partial charge in [0, 0.05) is 11.9 Å². The quantitative estimate of drug-likeness (QED) is 0.934. The van der Waals surface area contributed by atoms with Crippen LogP contribution in [0.15, 0.2) is 6.20 Å². The molecule has 2 aromatic rings. The number of aliphatic carboxylic acids is 1. The fourth-order valence-electron chi connectivity index (χ4n) is 2.35. The maximum Gasteiger partial charge on any atom is 0.312 e. The number of nitrogens with zero attached hydrogens (tertiary/aromatic N) is 4. The van der Waals surface area contributed by atoms with E-state index in [2.05, 4.69) is 15.3 Å². The third-order valence-corrected chi connectivity index (χ3v) is 4.51. The molecule has 1 unspecified atom stereocenters. The molecule has 0 bridgehead atoms. The number of thiazole rings is 1. The number of carbonyl (C=O) groups is 1. The first-order chi connectivity index (χ1) is 9.65. The molecule has 2 heterocycles. The van der Waals surface area contributed by atoms with Crippen molar-refractivity contribution in [2.45, 2.75) is 25.2 Å². The van der Waals surface area contributed by atoms with Crippen LogP contribution in [0.3, 0.4) is 0 Å². The maximum atomic E-state index is 11.2. The van der Waals surface area contributed by atoms with Gasteiger partial charge in [0.25, 0.3) is 0 Å². The summed E-state index contributed by atoms with van der Waals surface area (Å²) in [6.45, 7) is 0. The number of hydrogen-bond donors (Lipinski definition) is 1. The van der Waals surface area contributed by atoms with E-state index in [4.69, 9.17) is 0 Å². The van der Waals surface area contributed by atoms with Gasteiger partial charge in [-0.15, -0.1) is 16.4 Å². The van der Waals surface area contributed by atoms with Crippen molar-refractivity contribution in [3.05, 3.63) is 27.5 Å². The second-order valence-corrected chi connectivity index (χ2v) is 5.87. The van der Waals surface area contributed by atoms with E-state index in [0.717, 1.165) is 34.1 Å². The van der Waals surface area contributed by atoms with Crippen molar-refractivity contribution in [3.63, 3.8) is 0 Å². The number of aromatic nitrogens is 4. The van der Waals surface area contributed by atoms with E-state index in [1.807, 2.05) is 19.2 Å². The normalized spacial score (nSPS) is 18.4. The Bertz CT molecular complexity index is 674. The minimum atomic E-state index is -0.775. The lowest BCUT2D eigenvalue weighted by Gasteiger charge is -2.16. The highest BCUT2D eigenvalue weighted by molar-refractivity contribution is 7.12. The van der Waals surface area contributed by atoms with Crippen LogP contribution in [-0.2, 0) is 18.3 Å². The van der Waals surface area contributed by atoms with Crippen LogP contribution in [0.2, 0.25) is 0 Å². The molecule has 0 amide bonds. The largest absolute Gasteiger partial charge is 0.481 e. The molecule has 0 spiro atoms. The lowest BCUT2D eigenvalue weighted by atomic mass is 9.91. The highest BCUT2D eigenvalue weighted by Crippen LogP contribution is 2.35. The molecule has 0 saturated carbocycles. The number of carboxylic acids is 1. The zero-order chi connectivity index (χ0) is 14.1. The predicted molar refractivity (Wildman–Crippen MR) is 75.4 cm³/mol. The Morgan fingerprint density at radius 1 is 1.55 bits per heavy atom. The van der Waals surface area contributed by atoms with Gasteiger partial charge in [-0.2, -0.15) is 0 Å². The van der Waals surface area contributed by atoms with Gasteiger partial charge in [-0.25, -0.2) is 9.67 Å². The van der Waals surface area contributed by atoms with Crippen molar-refractivity contribution >= 4 is 29.5 Å². The van der Waals surface area contributed by atoms with Gasteiger partial charge in [0.15, 0.2) is 0 Å². The smallest absolute Gasteiger partial charge is 0.312 e. The first-order valence-corrected chi connectivity index (χ1v) is 7.22. The van der Waals surface area contributed by atoms with E-state index >= 15 is 0 Å². The zero-order valence-corrected chi connectivity index (χ0v) is 11.8. The lowest BCUT2D eigenvalue weighted by molar-refractivity contribution is -0.139. The standard InChI is InChI=1S/C13H14N4O2S/c1-17-8(7-14-16-17)5-6-11-15-12-9(13(18)19)3-2-4-10(12)20-11/h5-7,9H,2-4H2,1H3,(H,18,19)/b6-5+. The summed E-state index contributed by atoms with van der Waals surface area (Å²) in [6, 6.07) is 0.